The zero-order valence-corrected chi connectivity index (χ0v) is 13.8. The van der Waals surface area contributed by atoms with Crippen molar-refractivity contribution in [2.75, 3.05) is 13.7 Å². The second kappa shape index (κ2) is 7.05. The molecule has 0 spiro atoms. The van der Waals surface area contributed by atoms with E-state index < -0.39 is 0 Å². The van der Waals surface area contributed by atoms with Crippen molar-refractivity contribution < 1.29 is 9.53 Å². The molecule has 1 aliphatic carbocycles. The zero-order valence-electron chi connectivity index (χ0n) is 13.1. The molecule has 1 fully saturated rings. The van der Waals surface area contributed by atoms with Gasteiger partial charge in [0.15, 0.2) is 0 Å². The minimum Gasteiger partial charge on any atom is -0.497 e. The molecule has 2 aromatic rings. The molecule has 1 N–H and O–H groups in total. The second-order valence-electron chi connectivity index (χ2n) is 5.86. The summed E-state index contributed by atoms with van der Waals surface area (Å²) in [4.78, 5) is 12.2. The highest BCUT2D eigenvalue weighted by Crippen LogP contribution is 2.49. The molecular weight excluding hydrogens is 310 g/mol. The Morgan fingerprint density at radius 2 is 1.96 bits per heavy atom. The molecule has 0 bridgehead atoms. The maximum atomic E-state index is 12.2. The van der Waals surface area contributed by atoms with Gasteiger partial charge in [-0.2, -0.15) is 0 Å². The van der Waals surface area contributed by atoms with E-state index in [2.05, 4.69) is 5.32 Å². The highest BCUT2D eigenvalue weighted by atomic mass is 35.5. The summed E-state index contributed by atoms with van der Waals surface area (Å²) < 4.78 is 5.13. The summed E-state index contributed by atoms with van der Waals surface area (Å²) in [5.74, 6) is 1.30. The summed E-state index contributed by atoms with van der Waals surface area (Å²) in [6, 6.07) is 15.7. The Morgan fingerprint density at radius 3 is 2.65 bits per heavy atom. The van der Waals surface area contributed by atoms with Crippen molar-refractivity contribution in [3.8, 4) is 5.75 Å². The summed E-state index contributed by atoms with van der Waals surface area (Å²) in [6.07, 6.45) is 1.71. The van der Waals surface area contributed by atoms with Gasteiger partial charge in [-0.1, -0.05) is 41.9 Å². The fourth-order valence-electron chi connectivity index (χ4n) is 2.86. The van der Waals surface area contributed by atoms with Gasteiger partial charge in [0.1, 0.15) is 5.75 Å². The maximum absolute atomic E-state index is 12.2. The Labute approximate surface area is 141 Å². The van der Waals surface area contributed by atoms with Gasteiger partial charge in [-0.25, -0.2) is 0 Å². The first-order valence-corrected chi connectivity index (χ1v) is 8.22. The SMILES string of the molecule is COc1ccc(CCNC(=O)C2CC2c2ccccc2Cl)cc1. The van der Waals surface area contributed by atoms with Crippen LogP contribution in [0.15, 0.2) is 48.5 Å². The minimum atomic E-state index is 0.0609. The summed E-state index contributed by atoms with van der Waals surface area (Å²) in [5.41, 5.74) is 2.27. The van der Waals surface area contributed by atoms with Gasteiger partial charge in [0, 0.05) is 17.5 Å². The number of hydrogen-bond donors (Lipinski definition) is 1. The van der Waals surface area contributed by atoms with E-state index in [1.165, 1.54) is 5.56 Å². The standard InChI is InChI=1S/C19H20ClNO2/c1-23-14-8-6-13(7-9-14)10-11-21-19(22)17-12-16(17)15-4-2-3-5-18(15)20/h2-9,16-17H,10-12H2,1H3,(H,21,22). The topological polar surface area (TPSA) is 38.3 Å². The molecule has 0 radical (unpaired) electrons. The summed E-state index contributed by atoms with van der Waals surface area (Å²) in [5, 5.41) is 3.78. The third-order valence-corrected chi connectivity index (χ3v) is 4.65. The van der Waals surface area contributed by atoms with Crippen molar-refractivity contribution in [1.29, 1.82) is 0 Å². The largest absolute Gasteiger partial charge is 0.497 e. The molecule has 23 heavy (non-hydrogen) atoms. The molecule has 0 aromatic heterocycles. The molecule has 2 aromatic carbocycles. The molecule has 0 heterocycles. The highest BCUT2D eigenvalue weighted by molar-refractivity contribution is 6.31. The molecule has 1 saturated carbocycles. The third-order valence-electron chi connectivity index (χ3n) is 4.30. The summed E-state index contributed by atoms with van der Waals surface area (Å²) in [6.45, 7) is 0.650. The molecule has 1 aliphatic rings. The Hall–Kier alpha value is -2.00. The van der Waals surface area contributed by atoms with Gasteiger partial charge in [0.05, 0.1) is 7.11 Å². The quantitative estimate of drug-likeness (QED) is 0.875. The highest BCUT2D eigenvalue weighted by Gasteiger charge is 2.44. The van der Waals surface area contributed by atoms with Crippen LogP contribution in [-0.4, -0.2) is 19.6 Å². The average molecular weight is 330 g/mol. The van der Waals surface area contributed by atoms with Crippen molar-refractivity contribution in [2.45, 2.75) is 18.8 Å². The number of rotatable bonds is 6. The molecule has 0 saturated heterocycles. The Bertz CT molecular complexity index is 684. The van der Waals surface area contributed by atoms with Crippen LogP contribution in [0.5, 0.6) is 5.75 Å². The van der Waals surface area contributed by atoms with Crippen LogP contribution in [0, 0.1) is 5.92 Å². The van der Waals surface area contributed by atoms with Gasteiger partial charge in [-0.05, 0) is 48.1 Å². The van der Waals surface area contributed by atoms with Crippen molar-refractivity contribution in [2.24, 2.45) is 5.92 Å². The molecule has 3 nitrogen and oxygen atoms in total. The van der Waals surface area contributed by atoms with E-state index in [1.54, 1.807) is 7.11 Å². The van der Waals surface area contributed by atoms with E-state index in [9.17, 15) is 4.79 Å². The molecular formula is C19H20ClNO2. The first-order valence-electron chi connectivity index (χ1n) is 7.84. The summed E-state index contributed by atoms with van der Waals surface area (Å²) >= 11 is 6.20. The lowest BCUT2D eigenvalue weighted by atomic mass is 10.1. The Morgan fingerprint density at radius 1 is 1.22 bits per heavy atom. The van der Waals surface area contributed by atoms with E-state index in [4.69, 9.17) is 16.3 Å². The zero-order chi connectivity index (χ0) is 16.2. The number of amides is 1. The van der Waals surface area contributed by atoms with Crippen LogP contribution in [0.3, 0.4) is 0 Å². The van der Waals surface area contributed by atoms with E-state index in [1.807, 2.05) is 48.5 Å². The van der Waals surface area contributed by atoms with Crippen molar-refractivity contribution in [3.05, 3.63) is 64.7 Å². The maximum Gasteiger partial charge on any atom is 0.223 e. The predicted octanol–water partition coefficient (Wildman–Crippen LogP) is 3.81. The monoisotopic (exact) mass is 329 g/mol. The number of nitrogens with one attached hydrogen (secondary N) is 1. The fraction of sp³-hybridized carbons (Fsp3) is 0.316. The Kier molecular flexibility index (Phi) is 4.87. The second-order valence-corrected chi connectivity index (χ2v) is 6.27. The van der Waals surface area contributed by atoms with Crippen LogP contribution in [0.25, 0.3) is 0 Å². The number of benzene rings is 2. The number of ether oxygens (including phenoxy) is 1. The third kappa shape index (κ3) is 3.85. The van der Waals surface area contributed by atoms with Crippen LogP contribution in [0.1, 0.15) is 23.5 Å². The van der Waals surface area contributed by atoms with Gasteiger partial charge in [-0.15, -0.1) is 0 Å². The van der Waals surface area contributed by atoms with E-state index in [0.717, 1.165) is 29.2 Å². The summed E-state index contributed by atoms with van der Waals surface area (Å²) in [7, 11) is 1.65. The fourth-order valence-corrected chi connectivity index (χ4v) is 3.13. The molecule has 120 valence electrons. The van der Waals surface area contributed by atoms with Crippen LogP contribution in [0.2, 0.25) is 5.02 Å². The molecule has 2 unspecified atom stereocenters. The van der Waals surface area contributed by atoms with Crippen LogP contribution in [0.4, 0.5) is 0 Å². The van der Waals surface area contributed by atoms with Crippen LogP contribution in [-0.2, 0) is 11.2 Å². The molecule has 0 aliphatic heterocycles. The lowest BCUT2D eigenvalue weighted by molar-refractivity contribution is -0.122. The smallest absolute Gasteiger partial charge is 0.223 e. The lowest BCUT2D eigenvalue weighted by Gasteiger charge is -2.07. The number of carbonyl (C=O) groups is 1. The number of hydrogen-bond acceptors (Lipinski definition) is 2. The molecule has 3 rings (SSSR count). The number of methoxy groups -OCH3 is 1. The average Bonchev–Trinajstić information content (AvgIpc) is 3.36. The van der Waals surface area contributed by atoms with Crippen molar-refractivity contribution >= 4 is 17.5 Å². The Balaban J connectivity index is 1.46. The number of halogens is 1. The van der Waals surface area contributed by atoms with Gasteiger partial charge < -0.3 is 10.1 Å². The first-order chi connectivity index (χ1) is 11.2. The molecule has 2 atom stereocenters. The van der Waals surface area contributed by atoms with E-state index in [-0.39, 0.29) is 17.7 Å². The van der Waals surface area contributed by atoms with Crippen molar-refractivity contribution in [3.63, 3.8) is 0 Å². The first kappa shape index (κ1) is 15.9. The number of carbonyl (C=O) groups excluding carboxylic acids is 1. The van der Waals surface area contributed by atoms with Crippen molar-refractivity contribution in [1.82, 2.24) is 5.32 Å². The molecule has 4 heteroatoms. The van der Waals surface area contributed by atoms with Crippen LogP contribution >= 0.6 is 11.6 Å². The minimum absolute atomic E-state index is 0.0609. The normalized spacial score (nSPS) is 19.2. The predicted molar refractivity (Wildman–Crippen MR) is 92.0 cm³/mol. The van der Waals surface area contributed by atoms with E-state index in [0.29, 0.717) is 6.54 Å². The molecule has 1 amide bonds. The van der Waals surface area contributed by atoms with E-state index >= 15 is 0 Å². The lowest BCUT2D eigenvalue weighted by Crippen LogP contribution is -2.27. The van der Waals surface area contributed by atoms with Crippen LogP contribution < -0.4 is 10.1 Å². The van der Waals surface area contributed by atoms with Gasteiger partial charge >= 0.3 is 0 Å². The van der Waals surface area contributed by atoms with Gasteiger partial charge in [0.2, 0.25) is 5.91 Å². The van der Waals surface area contributed by atoms with Gasteiger partial charge in [0.25, 0.3) is 0 Å². The van der Waals surface area contributed by atoms with Gasteiger partial charge in [-0.3, -0.25) is 4.79 Å².